The predicted molar refractivity (Wildman–Crippen MR) is 145 cm³/mol. The van der Waals surface area contributed by atoms with Crippen LogP contribution in [-0.4, -0.2) is 88.4 Å². The van der Waals surface area contributed by atoms with Crippen LogP contribution >= 0.6 is 15.9 Å². The molecule has 0 radical (unpaired) electrons. The summed E-state index contributed by atoms with van der Waals surface area (Å²) >= 11 is 3.35. The number of aryl methyl sites for hydroxylation is 1. The maximum absolute atomic E-state index is 13.9. The van der Waals surface area contributed by atoms with E-state index in [1.807, 2.05) is 30.3 Å². The third kappa shape index (κ3) is 7.94. The minimum atomic E-state index is -4.10. The topological polar surface area (TPSA) is 130 Å². The van der Waals surface area contributed by atoms with E-state index in [0.717, 1.165) is 17.9 Å². The van der Waals surface area contributed by atoms with Gasteiger partial charge in [0, 0.05) is 63.3 Å². The zero-order valence-corrected chi connectivity index (χ0v) is 24.0. The monoisotopic (exact) mass is 618 g/mol. The summed E-state index contributed by atoms with van der Waals surface area (Å²) in [6.45, 7) is 4.05. The second-order valence-corrected chi connectivity index (χ2v) is 13.1. The lowest BCUT2D eigenvalue weighted by Crippen LogP contribution is -2.48. The molecule has 0 saturated carbocycles. The molecule has 204 valence electrons. The molecule has 0 spiro atoms. The van der Waals surface area contributed by atoms with Crippen molar-refractivity contribution < 1.29 is 25.9 Å². The Morgan fingerprint density at radius 1 is 1.05 bits per heavy atom. The Morgan fingerprint density at radius 3 is 2.27 bits per heavy atom. The highest BCUT2D eigenvalue weighted by Gasteiger charge is 2.34. The van der Waals surface area contributed by atoms with Crippen molar-refractivity contribution in [2.45, 2.75) is 18.4 Å². The highest BCUT2D eigenvalue weighted by atomic mass is 79.9. The van der Waals surface area contributed by atoms with Gasteiger partial charge in [-0.15, -0.1) is 0 Å². The predicted octanol–water partition coefficient (Wildman–Crippen LogP) is 2.59. The lowest BCUT2D eigenvalue weighted by atomic mass is 10.1. The van der Waals surface area contributed by atoms with E-state index in [4.69, 9.17) is 4.18 Å². The fraction of sp³-hybridized carbons (Fsp3) is 0.478. The van der Waals surface area contributed by atoms with Crippen LogP contribution in [0.2, 0.25) is 0 Å². The van der Waals surface area contributed by atoms with Gasteiger partial charge in [0.25, 0.3) is 15.8 Å². The van der Waals surface area contributed by atoms with Crippen LogP contribution in [0.25, 0.3) is 0 Å². The van der Waals surface area contributed by atoms with Crippen molar-refractivity contribution in [2.24, 2.45) is 0 Å². The molecule has 0 atom stereocenters. The number of hydrogen-bond donors (Lipinski definition) is 0. The van der Waals surface area contributed by atoms with E-state index >= 15 is 0 Å². The first-order valence-corrected chi connectivity index (χ1v) is 16.0. The molecule has 1 aliphatic rings. The summed E-state index contributed by atoms with van der Waals surface area (Å²) in [4.78, 5) is 14.7. The SMILES string of the molecule is Cc1cc([N+](=O)[O-])cc(S(=O)(=O)N2CCN(Cc3ccccc3)CC2)c1N(CCBr)CCOS(C)(=O)=O. The van der Waals surface area contributed by atoms with E-state index in [0.29, 0.717) is 42.8 Å². The third-order valence-electron chi connectivity index (χ3n) is 5.99. The first-order chi connectivity index (χ1) is 17.4. The molecule has 1 fully saturated rings. The molecule has 0 bridgehead atoms. The Bertz CT molecular complexity index is 1300. The maximum Gasteiger partial charge on any atom is 0.271 e. The first kappa shape index (κ1) is 29.5. The van der Waals surface area contributed by atoms with Gasteiger partial charge >= 0.3 is 0 Å². The third-order valence-corrected chi connectivity index (χ3v) is 8.85. The van der Waals surface area contributed by atoms with Gasteiger partial charge < -0.3 is 4.90 Å². The van der Waals surface area contributed by atoms with Crippen LogP contribution < -0.4 is 4.90 Å². The van der Waals surface area contributed by atoms with Gasteiger partial charge in [0.2, 0.25) is 10.0 Å². The minimum absolute atomic E-state index is 0.0741. The largest absolute Gasteiger partial charge is 0.367 e. The van der Waals surface area contributed by atoms with Gasteiger partial charge in [-0.25, -0.2) is 8.42 Å². The molecule has 0 N–H and O–H groups in total. The van der Waals surface area contributed by atoms with Crippen LogP contribution in [0.5, 0.6) is 0 Å². The van der Waals surface area contributed by atoms with Crippen LogP contribution in [0.1, 0.15) is 11.1 Å². The van der Waals surface area contributed by atoms with E-state index in [1.165, 1.54) is 10.4 Å². The van der Waals surface area contributed by atoms with Crippen LogP contribution in [-0.2, 0) is 30.9 Å². The molecule has 1 saturated heterocycles. The molecule has 37 heavy (non-hydrogen) atoms. The Kier molecular flexibility index (Phi) is 10.1. The standard InChI is InChI=1S/C23H31BrN4O7S2/c1-19-16-21(28(29)30)17-22(23(19)26(9-8-24)14-15-35-36(2,31)32)37(33,34)27-12-10-25(11-13-27)18-20-6-4-3-5-7-20/h3-7,16-17H,8-15,18H2,1-2H3. The summed E-state index contributed by atoms with van der Waals surface area (Å²) in [7, 11) is -7.79. The average Bonchev–Trinajstić information content (AvgIpc) is 2.83. The van der Waals surface area contributed by atoms with E-state index in [1.54, 1.807) is 11.8 Å². The van der Waals surface area contributed by atoms with Crippen molar-refractivity contribution in [1.82, 2.24) is 9.21 Å². The number of piperazine rings is 1. The van der Waals surface area contributed by atoms with Crippen molar-refractivity contribution in [2.75, 3.05) is 62.4 Å². The van der Waals surface area contributed by atoms with Crippen molar-refractivity contribution >= 4 is 47.4 Å². The lowest BCUT2D eigenvalue weighted by Gasteiger charge is -2.35. The summed E-state index contributed by atoms with van der Waals surface area (Å²) in [5, 5.41) is 12.1. The molecule has 2 aromatic carbocycles. The van der Waals surface area contributed by atoms with Crippen LogP contribution in [0.3, 0.4) is 0 Å². The number of nitro benzene ring substituents is 1. The number of benzene rings is 2. The molecule has 0 amide bonds. The van der Waals surface area contributed by atoms with Crippen molar-refractivity contribution in [3.05, 3.63) is 63.7 Å². The maximum atomic E-state index is 13.9. The number of hydrogen-bond acceptors (Lipinski definition) is 9. The second kappa shape index (κ2) is 12.6. The van der Waals surface area contributed by atoms with Crippen molar-refractivity contribution in [3.63, 3.8) is 0 Å². The van der Waals surface area contributed by atoms with E-state index in [-0.39, 0.29) is 36.8 Å². The van der Waals surface area contributed by atoms with Crippen LogP contribution in [0, 0.1) is 17.0 Å². The van der Waals surface area contributed by atoms with Gasteiger partial charge in [0.05, 0.1) is 23.5 Å². The smallest absolute Gasteiger partial charge is 0.271 e. The summed E-state index contributed by atoms with van der Waals surface area (Å²) in [5.41, 5.74) is 1.51. The first-order valence-electron chi connectivity index (χ1n) is 11.6. The van der Waals surface area contributed by atoms with Gasteiger partial charge in [0.15, 0.2) is 0 Å². The van der Waals surface area contributed by atoms with Crippen molar-refractivity contribution in [3.8, 4) is 0 Å². The summed E-state index contributed by atoms with van der Waals surface area (Å²) in [6, 6.07) is 12.3. The molecule has 1 aliphatic heterocycles. The molecule has 14 heteroatoms. The Hall–Kier alpha value is -2.10. The van der Waals surface area contributed by atoms with E-state index < -0.39 is 25.1 Å². The normalized spacial score (nSPS) is 15.5. The molecule has 0 aliphatic carbocycles. The number of nitro groups is 1. The highest BCUT2D eigenvalue weighted by Crippen LogP contribution is 2.35. The number of alkyl halides is 1. The van der Waals surface area contributed by atoms with E-state index in [2.05, 4.69) is 20.8 Å². The van der Waals surface area contributed by atoms with Gasteiger partial charge in [0.1, 0.15) is 4.90 Å². The molecule has 11 nitrogen and oxygen atoms in total. The number of sulfonamides is 1. The summed E-state index contributed by atoms with van der Waals surface area (Å²) in [5.74, 6) is 0. The molecular formula is C23H31BrN4O7S2. The fourth-order valence-electron chi connectivity index (χ4n) is 4.28. The summed E-state index contributed by atoms with van der Waals surface area (Å²) in [6.07, 6.45) is 0.937. The second-order valence-electron chi connectivity index (χ2n) is 8.73. The molecule has 2 aromatic rings. The van der Waals surface area contributed by atoms with Gasteiger partial charge in [-0.1, -0.05) is 46.3 Å². The molecule has 1 heterocycles. The van der Waals surface area contributed by atoms with Crippen molar-refractivity contribution in [1.29, 1.82) is 0 Å². The Labute approximate surface area is 226 Å². The van der Waals surface area contributed by atoms with Gasteiger partial charge in [-0.2, -0.15) is 12.7 Å². The van der Waals surface area contributed by atoms with Crippen LogP contribution in [0.4, 0.5) is 11.4 Å². The van der Waals surface area contributed by atoms with E-state index in [9.17, 15) is 26.9 Å². The number of anilines is 1. The zero-order valence-electron chi connectivity index (χ0n) is 20.7. The molecule has 0 unspecified atom stereocenters. The fourth-order valence-corrected chi connectivity index (χ4v) is 6.81. The number of nitrogens with zero attached hydrogens (tertiary/aromatic N) is 4. The number of non-ortho nitro benzene ring substituents is 1. The van der Waals surface area contributed by atoms with Crippen LogP contribution in [0.15, 0.2) is 47.4 Å². The quantitative estimate of drug-likeness (QED) is 0.152. The lowest BCUT2D eigenvalue weighted by molar-refractivity contribution is -0.385. The minimum Gasteiger partial charge on any atom is -0.367 e. The number of rotatable bonds is 12. The summed E-state index contributed by atoms with van der Waals surface area (Å²) < 4.78 is 56.8. The number of halogens is 1. The zero-order chi connectivity index (χ0) is 27.2. The average molecular weight is 620 g/mol. The highest BCUT2D eigenvalue weighted by molar-refractivity contribution is 9.09. The Balaban J connectivity index is 1.91. The Morgan fingerprint density at radius 2 is 1.70 bits per heavy atom. The molecular weight excluding hydrogens is 588 g/mol. The van der Waals surface area contributed by atoms with Gasteiger partial charge in [-0.3, -0.25) is 19.2 Å². The van der Waals surface area contributed by atoms with Gasteiger partial charge in [-0.05, 0) is 18.1 Å². The molecule has 0 aromatic heterocycles. The molecule has 3 rings (SSSR count).